The standard InChI is InChI=1S/C25H33NO5/c1-24(2,3)19-14-16(13-18(21(19)27)17-11-9-8-10-12-17)15-20(22(28)30-7)26-23(29)31-25(4,5)6/h8-14,20,27H,15H2,1-7H3,(H,26,29). The van der Waals surface area contributed by atoms with Crippen molar-refractivity contribution in [2.45, 2.75) is 65.0 Å². The van der Waals surface area contributed by atoms with Crippen LogP contribution in [0.3, 0.4) is 0 Å². The number of amides is 1. The molecule has 1 atom stereocenters. The van der Waals surface area contributed by atoms with Gasteiger partial charge in [0.1, 0.15) is 17.4 Å². The summed E-state index contributed by atoms with van der Waals surface area (Å²) >= 11 is 0. The molecule has 0 bridgehead atoms. The topological polar surface area (TPSA) is 84.9 Å². The van der Waals surface area contributed by atoms with E-state index in [0.717, 1.165) is 16.7 Å². The summed E-state index contributed by atoms with van der Waals surface area (Å²) < 4.78 is 10.2. The van der Waals surface area contributed by atoms with E-state index in [1.165, 1.54) is 7.11 Å². The Labute approximate surface area is 184 Å². The van der Waals surface area contributed by atoms with Crippen LogP contribution in [0.2, 0.25) is 0 Å². The summed E-state index contributed by atoms with van der Waals surface area (Å²) in [5.41, 5.74) is 2.05. The number of carbonyl (C=O) groups excluding carboxylic acids is 2. The predicted molar refractivity (Wildman–Crippen MR) is 121 cm³/mol. The van der Waals surface area contributed by atoms with Gasteiger partial charge >= 0.3 is 12.1 Å². The van der Waals surface area contributed by atoms with Gasteiger partial charge in [0.2, 0.25) is 0 Å². The average molecular weight is 428 g/mol. The summed E-state index contributed by atoms with van der Waals surface area (Å²) in [5.74, 6) is -0.366. The lowest BCUT2D eigenvalue weighted by Crippen LogP contribution is -2.45. The molecule has 168 valence electrons. The Morgan fingerprint density at radius 2 is 1.65 bits per heavy atom. The number of hydrogen-bond donors (Lipinski definition) is 2. The lowest BCUT2D eigenvalue weighted by atomic mass is 9.82. The van der Waals surface area contributed by atoms with Gasteiger partial charge in [0.15, 0.2) is 0 Å². The fraction of sp³-hybridized carbons (Fsp3) is 0.440. The molecule has 1 unspecified atom stereocenters. The normalized spacial score (nSPS) is 12.7. The van der Waals surface area contributed by atoms with Crippen molar-refractivity contribution in [1.29, 1.82) is 0 Å². The van der Waals surface area contributed by atoms with Gasteiger partial charge in [-0.1, -0.05) is 57.2 Å². The van der Waals surface area contributed by atoms with Gasteiger partial charge in [0.05, 0.1) is 7.11 Å². The first-order chi connectivity index (χ1) is 14.3. The Hall–Kier alpha value is -3.02. The van der Waals surface area contributed by atoms with Gasteiger partial charge in [0.25, 0.3) is 0 Å². The van der Waals surface area contributed by atoms with Gasteiger partial charge < -0.3 is 19.9 Å². The first-order valence-electron chi connectivity index (χ1n) is 10.3. The van der Waals surface area contributed by atoms with Crippen molar-refractivity contribution in [1.82, 2.24) is 5.32 Å². The Morgan fingerprint density at radius 3 is 2.16 bits per heavy atom. The highest BCUT2D eigenvalue weighted by Crippen LogP contribution is 2.39. The number of phenolic OH excluding ortho intramolecular Hbond substituents is 1. The first-order valence-corrected chi connectivity index (χ1v) is 10.3. The molecule has 0 spiro atoms. The molecule has 2 aromatic rings. The highest BCUT2D eigenvalue weighted by molar-refractivity contribution is 5.82. The van der Waals surface area contributed by atoms with E-state index < -0.39 is 23.7 Å². The zero-order valence-corrected chi connectivity index (χ0v) is 19.4. The SMILES string of the molecule is COC(=O)C(Cc1cc(-c2ccccc2)c(O)c(C(C)(C)C)c1)NC(=O)OC(C)(C)C. The van der Waals surface area contributed by atoms with Crippen LogP contribution in [-0.4, -0.2) is 35.9 Å². The summed E-state index contributed by atoms with van der Waals surface area (Å²) in [6.07, 6.45) is -0.504. The zero-order chi connectivity index (χ0) is 23.4. The molecule has 0 saturated carbocycles. The Bertz CT molecular complexity index is 923. The molecule has 0 saturated heterocycles. The van der Waals surface area contributed by atoms with Gasteiger partial charge in [-0.05, 0) is 43.4 Å². The Morgan fingerprint density at radius 1 is 1.03 bits per heavy atom. The molecular formula is C25H33NO5. The molecule has 31 heavy (non-hydrogen) atoms. The number of aromatic hydroxyl groups is 1. The number of ether oxygens (including phenoxy) is 2. The van der Waals surface area contributed by atoms with E-state index in [2.05, 4.69) is 5.32 Å². The van der Waals surface area contributed by atoms with Crippen LogP contribution >= 0.6 is 0 Å². The fourth-order valence-corrected chi connectivity index (χ4v) is 3.24. The van der Waals surface area contributed by atoms with Crippen LogP contribution in [0.4, 0.5) is 4.79 Å². The van der Waals surface area contributed by atoms with Crippen molar-refractivity contribution < 1.29 is 24.2 Å². The molecule has 0 aliphatic carbocycles. The van der Waals surface area contributed by atoms with E-state index in [1.54, 1.807) is 20.8 Å². The van der Waals surface area contributed by atoms with Crippen LogP contribution in [0.25, 0.3) is 11.1 Å². The van der Waals surface area contributed by atoms with E-state index in [1.807, 2.05) is 63.2 Å². The maximum absolute atomic E-state index is 12.4. The minimum absolute atomic E-state index is 0.190. The fourth-order valence-electron chi connectivity index (χ4n) is 3.24. The number of phenols is 1. The second-order valence-corrected chi connectivity index (χ2v) is 9.58. The second kappa shape index (κ2) is 9.41. The summed E-state index contributed by atoms with van der Waals surface area (Å²) in [6, 6.07) is 12.3. The average Bonchev–Trinajstić information content (AvgIpc) is 2.66. The molecule has 0 aliphatic rings. The lowest BCUT2D eigenvalue weighted by molar-refractivity contribution is -0.143. The summed E-state index contributed by atoms with van der Waals surface area (Å²) in [7, 11) is 1.28. The van der Waals surface area contributed by atoms with Crippen molar-refractivity contribution >= 4 is 12.1 Å². The number of nitrogens with one attached hydrogen (secondary N) is 1. The van der Waals surface area contributed by atoms with Crippen molar-refractivity contribution in [3.8, 4) is 16.9 Å². The number of carbonyl (C=O) groups is 2. The molecule has 0 fully saturated rings. The number of hydrogen-bond acceptors (Lipinski definition) is 5. The van der Waals surface area contributed by atoms with Gasteiger partial charge in [0, 0.05) is 17.5 Å². The predicted octanol–water partition coefficient (Wildman–Crippen LogP) is 4.97. The second-order valence-electron chi connectivity index (χ2n) is 9.58. The first kappa shape index (κ1) is 24.3. The van der Waals surface area contributed by atoms with Crippen LogP contribution in [0.15, 0.2) is 42.5 Å². The lowest BCUT2D eigenvalue weighted by Gasteiger charge is -2.25. The van der Waals surface area contributed by atoms with Crippen LogP contribution in [0.1, 0.15) is 52.7 Å². The van der Waals surface area contributed by atoms with Crippen LogP contribution < -0.4 is 5.32 Å². The number of alkyl carbamates (subject to hydrolysis) is 1. The highest BCUT2D eigenvalue weighted by Gasteiger charge is 2.27. The molecule has 0 heterocycles. The number of rotatable bonds is 5. The monoisotopic (exact) mass is 427 g/mol. The van der Waals surface area contributed by atoms with Gasteiger partial charge in [-0.2, -0.15) is 0 Å². The number of esters is 1. The summed E-state index contributed by atoms with van der Waals surface area (Å²) in [5, 5.41) is 13.6. The van der Waals surface area contributed by atoms with Crippen LogP contribution in [-0.2, 0) is 26.1 Å². The molecule has 2 N–H and O–H groups in total. The van der Waals surface area contributed by atoms with Crippen LogP contribution in [0.5, 0.6) is 5.75 Å². The van der Waals surface area contributed by atoms with Crippen LogP contribution in [0, 0.1) is 0 Å². The third kappa shape index (κ3) is 6.74. The third-order valence-electron chi connectivity index (χ3n) is 4.68. The van der Waals surface area contributed by atoms with E-state index in [4.69, 9.17) is 9.47 Å². The molecule has 0 radical (unpaired) electrons. The molecule has 0 aliphatic heterocycles. The summed E-state index contributed by atoms with van der Waals surface area (Å²) in [4.78, 5) is 24.6. The van der Waals surface area contributed by atoms with Crippen molar-refractivity contribution in [3.05, 3.63) is 53.6 Å². The highest BCUT2D eigenvalue weighted by atomic mass is 16.6. The number of methoxy groups -OCH3 is 1. The van der Waals surface area contributed by atoms with E-state index in [-0.39, 0.29) is 17.6 Å². The van der Waals surface area contributed by atoms with E-state index in [0.29, 0.717) is 5.56 Å². The maximum atomic E-state index is 12.4. The summed E-state index contributed by atoms with van der Waals surface area (Å²) in [6.45, 7) is 11.3. The van der Waals surface area contributed by atoms with Crippen molar-refractivity contribution in [3.63, 3.8) is 0 Å². The van der Waals surface area contributed by atoms with E-state index >= 15 is 0 Å². The minimum Gasteiger partial charge on any atom is -0.507 e. The van der Waals surface area contributed by atoms with Crippen molar-refractivity contribution in [2.75, 3.05) is 7.11 Å². The molecular weight excluding hydrogens is 394 g/mol. The molecule has 2 aromatic carbocycles. The largest absolute Gasteiger partial charge is 0.507 e. The molecule has 6 nitrogen and oxygen atoms in total. The maximum Gasteiger partial charge on any atom is 0.408 e. The smallest absolute Gasteiger partial charge is 0.408 e. The zero-order valence-electron chi connectivity index (χ0n) is 19.4. The molecule has 0 aromatic heterocycles. The van der Waals surface area contributed by atoms with Gasteiger partial charge in [-0.25, -0.2) is 9.59 Å². The Balaban J connectivity index is 2.47. The number of benzene rings is 2. The van der Waals surface area contributed by atoms with E-state index in [9.17, 15) is 14.7 Å². The minimum atomic E-state index is -0.930. The van der Waals surface area contributed by atoms with Gasteiger partial charge in [-0.3, -0.25) is 0 Å². The third-order valence-corrected chi connectivity index (χ3v) is 4.68. The quantitative estimate of drug-likeness (QED) is 0.659. The van der Waals surface area contributed by atoms with Gasteiger partial charge in [-0.15, -0.1) is 0 Å². The van der Waals surface area contributed by atoms with Crippen molar-refractivity contribution in [2.24, 2.45) is 0 Å². The Kier molecular flexibility index (Phi) is 7.37. The molecule has 1 amide bonds. The molecule has 2 rings (SSSR count). The molecule has 6 heteroatoms.